The Morgan fingerprint density at radius 2 is 2.00 bits per heavy atom. The first kappa shape index (κ1) is 9.26. The molecule has 5 heavy (non-hydrogen) atoms. The van der Waals surface area contributed by atoms with Crippen molar-refractivity contribution in [2.24, 2.45) is 0 Å². The van der Waals surface area contributed by atoms with Crippen LogP contribution >= 0.6 is 0 Å². The van der Waals surface area contributed by atoms with Gasteiger partial charge in [0.25, 0.3) is 0 Å². The fraction of sp³-hybridized carbons (Fsp3) is 0. The van der Waals surface area contributed by atoms with E-state index in [4.69, 9.17) is 8.76 Å². The molecule has 0 aromatic rings. The molecule has 0 amide bonds. The van der Waals surface area contributed by atoms with Crippen molar-refractivity contribution in [3.05, 3.63) is 0 Å². The molecule has 0 radical (unpaired) electrons. The van der Waals surface area contributed by atoms with E-state index in [1.54, 1.807) is 0 Å². The molecule has 0 aliphatic heterocycles. The summed E-state index contributed by atoms with van der Waals surface area (Å²) in [6.07, 6.45) is 0. The van der Waals surface area contributed by atoms with Gasteiger partial charge in [0.1, 0.15) is 11.5 Å². The molecule has 0 bridgehead atoms. The normalized spacial score (nSPS) is 12.4. The van der Waals surface area contributed by atoms with Crippen molar-refractivity contribution in [2.45, 2.75) is 0 Å². The Hall–Kier alpha value is 0.806. The maximum atomic E-state index is 9.92. The summed E-state index contributed by atoms with van der Waals surface area (Å²) in [5.41, 5.74) is 0. The maximum Gasteiger partial charge on any atom is 2.00 e. The van der Waals surface area contributed by atoms with Gasteiger partial charge in [0.15, 0.2) is 0 Å². The van der Waals surface area contributed by atoms with Crippen LogP contribution in [-0.4, -0.2) is 31.8 Å². The Morgan fingerprint density at radius 3 is 2.00 bits per heavy atom. The molecule has 30 valence electrons. The van der Waals surface area contributed by atoms with Crippen LogP contribution in [-0.2, 0) is 11.5 Å². The second kappa shape index (κ2) is 4.81. The predicted molar refractivity (Wildman–Crippen MR) is 18.0 cm³/mol. The van der Waals surface area contributed by atoms with E-state index in [0.29, 0.717) is 0 Å². The molecule has 0 rings (SSSR count). The number of rotatable bonds is 0. The van der Waals surface area contributed by atoms with Crippen LogP contribution in [0.5, 0.6) is 0 Å². The third-order valence-electron chi connectivity index (χ3n) is 0. The fourth-order valence-electron chi connectivity index (χ4n) is 0. The Bertz CT molecular complexity index is 38.7. The van der Waals surface area contributed by atoms with Gasteiger partial charge in [-0.25, -0.2) is 4.21 Å². The summed E-state index contributed by atoms with van der Waals surface area (Å²) < 4.78 is 26.6. The molecule has 0 N–H and O–H groups in total. The molecule has 5 heteroatoms. The second-order valence-corrected chi connectivity index (χ2v) is 0.582. The van der Waals surface area contributed by atoms with Gasteiger partial charge < -0.3 is 7.41 Å². The van der Waals surface area contributed by atoms with Gasteiger partial charge in [-0.2, -0.15) is 0 Å². The largest absolute Gasteiger partial charge is 2.00 e. The van der Waals surface area contributed by atoms with E-state index in [9.17, 15) is 3.89 Å². The number of hydrogen-bond acceptors (Lipinski definition) is 2. The predicted octanol–water partition coefficient (Wildman–Crippen LogP) is -0.406. The van der Waals surface area contributed by atoms with Gasteiger partial charge in [0, 0.05) is 0 Å². The molecular formula is H2FMgO2S-. The monoisotopic (exact) mass is 109 g/mol. The standard InChI is InChI=1S/FHO2S.Mg.2H/c1-4(2)3;;;/h(H,2,3);;;/q;+2;2*-1/p-1. The van der Waals surface area contributed by atoms with E-state index in [-0.39, 0.29) is 25.9 Å². The molecule has 1 unspecified atom stereocenters. The number of hydrogen-bond donors (Lipinski definition) is 0. The summed E-state index contributed by atoms with van der Waals surface area (Å²) >= 11 is -3.36. The van der Waals surface area contributed by atoms with Crippen LogP contribution in [0.4, 0.5) is 3.89 Å². The molecule has 0 saturated heterocycles. The first-order valence-corrected chi connectivity index (χ1v) is 1.46. The first-order chi connectivity index (χ1) is 1.73. The first-order valence-electron chi connectivity index (χ1n) is 0.488. The van der Waals surface area contributed by atoms with Crippen LogP contribution in [0, 0.1) is 0 Å². The Labute approximate surface area is 50.5 Å². The molecular weight excluding hydrogens is 107 g/mol. The van der Waals surface area contributed by atoms with Crippen LogP contribution in [0.1, 0.15) is 2.85 Å². The summed E-state index contributed by atoms with van der Waals surface area (Å²) in [6.45, 7) is 0. The fourth-order valence-corrected chi connectivity index (χ4v) is 0. The van der Waals surface area contributed by atoms with E-state index in [0.717, 1.165) is 0 Å². The smallest absolute Gasteiger partial charge is 1.00 e. The van der Waals surface area contributed by atoms with Crippen LogP contribution in [0.15, 0.2) is 0 Å². The molecule has 0 aliphatic carbocycles. The molecule has 0 aromatic carbocycles. The van der Waals surface area contributed by atoms with Crippen LogP contribution < -0.4 is 0 Å². The summed E-state index contributed by atoms with van der Waals surface area (Å²) in [5, 5.41) is 0. The van der Waals surface area contributed by atoms with Gasteiger partial charge in [0.2, 0.25) is 0 Å². The van der Waals surface area contributed by atoms with Gasteiger partial charge in [0.05, 0.1) is 0 Å². The topological polar surface area (TPSA) is 40.1 Å². The molecule has 0 heterocycles. The van der Waals surface area contributed by atoms with Crippen LogP contribution in [0.2, 0.25) is 0 Å². The molecule has 0 aromatic heterocycles. The van der Waals surface area contributed by atoms with Gasteiger partial charge in [-0.05, 0) is 0 Å². The zero-order chi connectivity index (χ0) is 3.58. The van der Waals surface area contributed by atoms with Crippen molar-refractivity contribution in [2.75, 3.05) is 0 Å². The average Bonchev–Trinajstić information content (AvgIpc) is 0.811. The van der Waals surface area contributed by atoms with Crippen molar-refractivity contribution < 1.29 is 15.5 Å². The van der Waals surface area contributed by atoms with Gasteiger partial charge in [-0.15, -0.1) is 3.89 Å². The number of halogens is 1. The molecule has 2 nitrogen and oxygen atoms in total. The quantitative estimate of drug-likeness (QED) is 0.241. The van der Waals surface area contributed by atoms with E-state index in [1.165, 1.54) is 0 Å². The minimum atomic E-state index is -3.36. The molecule has 0 saturated carbocycles. The molecule has 0 spiro atoms. The molecule has 1 atom stereocenters. The summed E-state index contributed by atoms with van der Waals surface area (Å²) in [4.78, 5) is 0. The van der Waals surface area contributed by atoms with Crippen molar-refractivity contribution in [3.63, 3.8) is 0 Å². The summed E-state index contributed by atoms with van der Waals surface area (Å²) in [5.74, 6) is 0. The van der Waals surface area contributed by atoms with E-state index in [2.05, 4.69) is 0 Å². The second-order valence-electron chi connectivity index (χ2n) is 0.194. The van der Waals surface area contributed by atoms with E-state index in [1.807, 2.05) is 0 Å². The Balaban J connectivity index is -0.0000000150. The van der Waals surface area contributed by atoms with Crippen molar-refractivity contribution in [1.82, 2.24) is 0 Å². The Kier molecular flexibility index (Phi) is 8.90. The van der Waals surface area contributed by atoms with Crippen molar-refractivity contribution in [3.8, 4) is 0 Å². The zero-order valence-electron chi connectivity index (χ0n) is 4.31. The third-order valence-corrected chi connectivity index (χ3v) is 0. The van der Waals surface area contributed by atoms with Crippen LogP contribution in [0.3, 0.4) is 0 Å². The minimum absolute atomic E-state index is 0. The van der Waals surface area contributed by atoms with E-state index >= 15 is 0 Å². The van der Waals surface area contributed by atoms with Crippen molar-refractivity contribution in [1.29, 1.82) is 0 Å². The van der Waals surface area contributed by atoms with Gasteiger partial charge >= 0.3 is 23.1 Å². The third kappa shape index (κ3) is 58.2. The maximum absolute atomic E-state index is 9.92. The summed E-state index contributed by atoms with van der Waals surface area (Å²) in [7, 11) is 0. The summed E-state index contributed by atoms with van der Waals surface area (Å²) in [6, 6.07) is 0. The Morgan fingerprint density at radius 1 is 2.00 bits per heavy atom. The van der Waals surface area contributed by atoms with Gasteiger partial charge in [-0.3, -0.25) is 0 Å². The SMILES string of the molecule is O=S([O-])F.[H-].[H-].[Mg+2]. The van der Waals surface area contributed by atoms with Gasteiger partial charge in [-0.1, -0.05) is 0 Å². The molecule has 0 aliphatic rings. The average molecular weight is 109 g/mol. The zero-order valence-corrected chi connectivity index (χ0v) is 4.54. The molecule has 0 fully saturated rings. The van der Waals surface area contributed by atoms with E-state index < -0.39 is 11.5 Å². The minimum Gasteiger partial charge on any atom is -1.00 e. The van der Waals surface area contributed by atoms with Crippen LogP contribution in [0.25, 0.3) is 0 Å². The van der Waals surface area contributed by atoms with Crippen molar-refractivity contribution >= 4 is 34.5 Å².